The van der Waals surface area contributed by atoms with Crippen LogP contribution in [0.15, 0.2) is 0 Å². The first-order chi connectivity index (χ1) is 9.10. The zero-order valence-corrected chi connectivity index (χ0v) is 14.9. The molecule has 0 aromatic heterocycles. The minimum absolute atomic E-state index is 0.193. The molecule has 0 unspecified atom stereocenters. The third kappa shape index (κ3) is 8.30. The molecule has 0 spiro atoms. The number of rotatable bonds is 11. The Hall–Kier alpha value is -0.0331. The largest absolute Gasteiger partial charge is 0.500 e. The van der Waals surface area contributed by atoms with E-state index in [0.29, 0.717) is 17.4 Å². The summed E-state index contributed by atoms with van der Waals surface area (Å²) in [5, 5.41) is 0. The Balaban J connectivity index is 4.15. The molecule has 20 heavy (non-hydrogen) atoms. The smallest absolute Gasteiger partial charge is 0.377 e. The van der Waals surface area contributed by atoms with Gasteiger partial charge in [-0.3, -0.25) is 4.55 Å². The molecule has 0 aliphatic rings. The second-order valence-corrected chi connectivity index (χ2v) is 10.1. The van der Waals surface area contributed by atoms with E-state index in [1.807, 2.05) is 14.1 Å². The predicted molar refractivity (Wildman–Crippen MR) is 79.1 cm³/mol. The quantitative estimate of drug-likeness (QED) is 0.339. The van der Waals surface area contributed by atoms with Gasteiger partial charge in [-0.15, -0.1) is 0 Å². The summed E-state index contributed by atoms with van der Waals surface area (Å²) in [5.74, 6) is -0.193. The second kappa shape index (κ2) is 8.42. The van der Waals surface area contributed by atoms with Crippen molar-refractivity contribution in [2.75, 3.05) is 54.3 Å². The fraction of sp³-hybridized carbons (Fsp3) is 1.00. The van der Waals surface area contributed by atoms with Gasteiger partial charge in [0.2, 0.25) is 0 Å². The lowest BCUT2D eigenvalue weighted by atomic mass is 10.3. The maximum absolute atomic E-state index is 10.7. The van der Waals surface area contributed by atoms with Gasteiger partial charge in [-0.05, 0) is 0 Å². The Morgan fingerprint density at radius 1 is 1.00 bits per heavy atom. The van der Waals surface area contributed by atoms with Crippen LogP contribution in [0.4, 0.5) is 0 Å². The van der Waals surface area contributed by atoms with Gasteiger partial charge in [0.15, 0.2) is 0 Å². The Morgan fingerprint density at radius 3 is 1.85 bits per heavy atom. The van der Waals surface area contributed by atoms with Crippen molar-refractivity contribution >= 4 is 18.9 Å². The summed E-state index contributed by atoms with van der Waals surface area (Å²) >= 11 is 0. The first-order valence-electron chi connectivity index (χ1n) is 6.52. The molecular weight excluding hydrogens is 302 g/mol. The normalized spacial score (nSPS) is 13.7. The van der Waals surface area contributed by atoms with Gasteiger partial charge in [-0.2, -0.15) is 8.42 Å². The number of hydrogen-bond donors (Lipinski definition) is 1. The minimum atomic E-state index is -3.87. The van der Waals surface area contributed by atoms with Gasteiger partial charge in [0.1, 0.15) is 0 Å². The summed E-state index contributed by atoms with van der Waals surface area (Å²) in [6, 6.07) is 0.719. The summed E-state index contributed by atoms with van der Waals surface area (Å²) in [5.41, 5.74) is 0. The van der Waals surface area contributed by atoms with E-state index in [-0.39, 0.29) is 5.75 Å². The molecule has 1 N–H and O–H groups in total. The highest BCUT2D eigenvalue weighted by Gasteiger charge is 2.37. The highest BCUT2D eigenvalue weighted by atomic mass is 32.2. The molecule has 0 aromatic carbocycles. The molecule has 0 aliphatic carbocycles. The van der Waals surface area contributed by atoms with Crippen molar-refractivity contribution in [2.45, 2.75) is 18.9 Å². The van der Waals surface area contributed by atoms with Crippen molar-refractivity contribution in [2.24, 2.45) is 0 Å². The van der Waals surface area contributed by atoms with Gasteiger partial charge in [-0.1, -0.05) is 0 Å². The molecule has 0 bridgehead atoms. The van der Waals surface area contributed by atoms with E-state index in [9.17, 15) is 8.42 Å². The minimum Gasteiger partial charge on any atom is -0.377 e. The van der Waals surface area contributed by atoms with Crippen LogP contribution >= 0.6 is 0 Å². The van der Waals surface area contributed by atoms with Gasteiger partial charge >= 0.3 is 8.80 Å². The Bertz CT molecular complexity index is 361. The molecule has 0 saturated carbocycles. The molecule has 7 nitrogen and oxygen atoms in total. The van der Waals surface area contributed by atoms with Crippen molar-refractivity contribution in [1.29, 1.82) is 0 Å². The summed E-state index contributed by atoms with van der Waals surface area (Å²) in [7, 11) is 2.43. The van der Waals surface area contributed by atoms with Crippen LogP contribution in [0.25, 0.3) is 0 Å². The van der Waals surface area contributed by atoms with Crippen LogP contribution in [0, 0.1) is 0 Å². The molecule has 0 aliphatic heterocycles. The van der Waals surface area contributed by atoms with Gasteiger partial charge in [0, 0.05) is 40.2 Å². The van der Waals surface area contributed by atoms with Crippen LogP contribution in [0.3, 0.4) is 0 Å². The molecule has 0 saturated heterocycles. The highest BCUT2D eigenvalue weighted by molar-refractivity contribution is 7.85. The van der Waals surface area contributed by atoms with Gasteiger partial charge in [0.05, 0.1) is 32.9 Å². The average Bonchev–Trinajstić information content (AvgIpc) is 2.33. The van der Waals surface area contributed by atoms with Crippen LogP contribution < -0.4 is 0 Å². The van der Waals surface area contributed by atoms with E-state index in [2.05, 4.69) is 0 Å². The van der Waals surface area contributed by atoms with E-state index in [0.717, 1.165) is 19.0 Å². The average molecular weight is 330 g/mol. The second-order valence-electron chi connectivity index (χ2n) is 5.42. The van der Waals surface area contributed by atoms with Crippen LogP contribution in [0.1, 0.15) is 12.8 Å². The first kappa shape index (κ1) is 20.0. The molecule has 0 radical (unpaired) electrons. The van der Waals surface area contributed by atoms with Gasteiger partial charge in [-0.25, -0.2) is 0 Å². The van der Waals surface area contributed by atoms with Crippen LogP contribution in [-0.4, -0.2) is 80.5 Å². The van der Waals surface area contributed by atoms with Crippen LogP contribution in [-0.2, 0) is 23.4 Å². The molecule has 122 valence electrons. The van der Waals surface area contributed by atoms with Crippen molar-refractivity contribution in [3.05, 3.63) is 0 Å². The van der Waals surface area contributed by atoms with Crippen molar-refractivity contribution in [3.8, 4) is 0 Å². The fourth-order valence-corrected chi connectivity index (χ4v) is 4.26. The topological polar surface area (TPSA) is 82.1 Å². The fourth-order valence-electron chi connectivity index (χ4n) is 2.07. The van der Waals surface area contributed by atoms with E-state index < -0.39 is 18.9 Å². The standard InChI is InChI=1S/C11H27NO6SSi/c1-12(2,8-6-10-19(13,14)15)9-7-11-20(16-3,17-4)18-5/h6-11H2,1-5H3/p+1. The summed E-state index contributed by atoms with van der Waals surface area (Å²) in [6.07, 6.45) is 1.30. The molecule has 0 amide bonds. The lowest BCUT2D eigenvalue weighted by molar-refractivity contribution is -0.890. The lowest BCUT2D eigenvalue weighted by Crippen LogP contribution is -2.46. The van der Waals surface area contributed by atoms with Crippen molar-refractivity contribution < 1.29 is 30.7 Å². The molecule has 0 fully saturated rings. The molecule has 0 aromatic rings. The zero-order chi connectivity index (χ0) is 15.9. The monoisotopic (exact) mass is 330 g/mol. The van der Waals surface area contributed by atoms with E-state index >= 15 is 0 Å². The molecule has 0 heterocycles. The first-order valence-corrected chi connectivity index (χ1v) is 10.1. The number of nitrogens with zero attached hydrogens (tertiary/aromatic N) is 1. The Morgan fingerprint density at radius 2 is 1.45 bits per heavy atom. The van der Waals surface area contributed by atoms with E-state index in [1.54, 1.807) is 21.3 Å². The summed E-state index contributed by atoms with van der Waals surface area (Å²) in [6.45, 7) is 1.54. The molecular formula is C11H28NO6SSi+. The van der Waals surface area contributed by atoms with Gasteiger partial charge < -0.3 is 17.8 Å². The van der Waals surface area contributed by atoms with Crippen LogP contribution in [0.5, 0.6) is 0 Å². The third-order valence-electron chi connectivity index (χ3n) is 3.35. The Labute approximate surface area is 123 Å². The predicted octanol–water partition coefficient (Wildman–Crippen LogP) is 0.609. The highest BCUT2D eigenvalue weighted by Crippen LogP contribution is 2.16. The van der Waals surface area contributed by atoms with Gasteiger partial charge in [0.25, 0.3) is 10.1 Å². The summed E-state index contributed by atoms with van der Waals surface area (Å²) < 4.78 is 46.8. The van der Waals surface area contributed by atoms with Crippen molar-refractivity contribution in [1.82, 2.24) is 0 Å². The Kier molecular flexibility index (Phi) is 8.41. The van der Waals surface area contributed by atoms with E-state index in [4.69, 9.17) is 17.8 Å². The zero-order valence-electron chi connectivity index (χ0n) is 13.1. The maximum Gasteiger partial charge on any atom is 0.500 e. The molecule has 9 heteroatoms. The molecule has 0 atom stereocenters. The molecule has 0 rings (SSSR count). The number of hydrogen-bond acceptors (Lipinski definition) is 5. The number of quaternary nitrogens is 1. The van der Waals surface area contributed by atoms with Crippen molar-refractivity contribution in [3.63, 3.8) is 0 Å². The van der Waals surface area contributed by atoms with Crippen LogP contribution in [0.2, 0.25) is 6.04 Å². The SMILES string of the molecule is CO[Si](CCC[N+](C)(C)CCCS(=O)(=O)O)(OC)OC. The summed E-state index contributed by atoms with van der Waals surface area (Å²) in [4.78, 5) is 0. The third-order valence-corrected chi connectivity index (χ3v) is 6.98. The lowest BCUT2D eigenvalue weighted by Gasteiger charge is -2.31. The maximum atomic E-state index is 10.7. The van der Waals surface area contributed by atoms with E-state index in [1.165, 1.54) is 0 Å².